The lowest BCUT2D eigenvalue weighted by Gasteiger charge is -2.32. The summed E-state index contributed by atoms with van der Waals surface area (Å²) in [6, 6.07) is 4.12. The lowest BCUT2D eigenvalue weighted by molar-refractivity contribution is -0.109. The maximum absolute atomic E-state index is 11.4. The van der Waals surface area contributed by atoms with E-state index in [2.05, 4.69) is 0 Å². The molecule has 1 heterocycles. The molecule has 8 heteroatoms. The first-order chi connectivity index (χ1) is 11.9. The van der Waals surface area contributed by atoms with E-state index in [1.165, 1.54) is 25.1 Å². The number of carboxylic acid groups (broad SMARTS) is 1. The monoisotopic (exact) mass is 378 g/mol. The van der Waals surface area contributed by atoms with Gasteiger partial charge in [0.1, 0.15) is 5.75 Å². The zero-order chi connectivity index (χ0) is 19.7. The number of carbonyl (C=O) groups is 2. The second-order valence-corrected chi connectivity index (χ2v) is 8.32. The van der Waals surface area contributed by atoms with Crippen molar-refractivity contribution < 1.29 is 29.1 Å². The van der Waals surface area contributed by atoms with Gasteiger partial charge in [-0.15, -0.1) is 0 Å². The van der Waals surface area contributed by atoms with Crippen LogP contribution in [0.1, 0.15) is 50.5 Å². The minimum Gasteiger partial charge on any atom is -0.507 e. The lowest BCUT2D eigenvalue weighted by atomic mass is 9.78. The molecule has 6 nitrogen and oxygen atoms in total. The van der Waals surface area contributed by atoms with Crippen LogP contribution in [-0.2, 0) is 14.1 Å². The molecule has 0 aromatic heterocycles. The van der Waals surface area contributed by atoms with Crippen LogP contribution in [0, 0.1) is 0 Å². The number of aromatic carboxylic acids is 1. The first-order valence-electron chi connectivity index (χ1n) is 8.19. The topological polar surface area (TPSA) is 93.1 Å². The molecule has 0 saturated carbocycles. The lowest BCUT2D eigenvalue weighted by Crippen LogP contribution is -2.41. The number of benzene rings is 1. The second kappa shape index (κ2) is 7.46. The number of aromatic hydroxyl groups is 1. The van der Waals surface area contributed by atoms with Crippen LogP contribution < -0.4 is 0 Å². The minimum atomic E-state index is -1.12. The SMILES string of the molecule is CC(=O)SCC(=Cc1ccc(C(=O)O)cc1O)B1OC(C)(C)C(C)(C)O1. The Morgan fingerprint density at radius 1 is 1.19 bits per heavy atom. The Morgan fingerprint density at radius 2 is 1.77 bits per heavy atom. The summed E-state index contributed by atoms with van der Waals surface area (Å²) in [5.41, 5.74) is 0.0423. The van der Waals surface area contributed by atoms with Crippen LogP contribution in [0.3, 0.4) is 0 Å². The summed E-state index contributed by atoms with van der Waals surface area (Å²) in [7, 11) is -0.662. The highest BCUT2D eigenvalue weighted by molar-refractivity contribution is 8.13. The Morgan fingerprint density at radius 3 is 2.23 bits per heavy atom. The number of carbonyl (C=O) groups excluding carboxylic acids is 1. The average molecular weight is 378 g/mol. The number of phenolic OH excluding ortho intramolecular Hbond substituents is 1. The third-order valence-electron chi connectivity index (χ3n) is 4.62. The minimum absolute atomic E-state index is 0.00468. The molecular weight excluding hydrogens is 355 g/mol. The number of thioether (sulfide) groups is 1. The molecule has 1 fully saturated rings. The van der Waals surface area contributed by atoms with Gasteiger partial charge in [-0.1, -0.05) is 23.9 Å². The van der Waals surface area contributed by atoms with Crippen molar-refractivity contribution in [3.8, 4) is 5.75 Å². The van der Waals surface area contributed by atoms with Crippen molar-refractivity contribution in [1.29, 1.82) is 0 Å². The van der Waals surface area contributed by atoms with E-state index in [4.69, 9.17) is 14.4 Å². The molecule has 2 N–H and O–H groups in total. The fourth-order valence-electron chi connectivity index (χ4n) is 2.36. The molecule has 0 radical (unpaired) electrons. The van der Waals surface area contributed by atoms with Gasteiger partial charge in [-0.3, -0.25) is 4.79 Å². The van der Waals surface area contributed by atoms with Crippen molar-refractivity contribution in [2.24, 2.45) is 0 Å². The number of carboxylic acids is 1. The van der Waals surface area contributed by atoms with Crippen molar-refractivity contribution in [2.45, 2.75) is 45.8 Å². The molecule has 0 atom stereocenters. The largest absolute Gasteiger partial charge is 0.507 e. The Balaban J connectivity index is 2.38. The molecule has 0 unspecified atom stereocenters. The normalized spacial score (nSPS) is 18.8. The zero-order valence-electron chi connectivity index (χ0n) is 15.5. The maximum atomic E-state index is 11.4. The van der Waals surface area contributed by atoms with E-state index in [0.717, 1.165) is 11.8 Å². The molecular formula is C18H23BO6S. The Labute approximate surface area is 157 Å². The third-order valence-corrected chi connectivity index (χ3v) is 5.50. The Bertz CT molecular complexity index is 740. The van der Waals surface area contributed by atoms with Crippen molar-refractivity contribution in [2.75, 3.05) is 5.75 Å². The van der Waals surface area contributed by atoms with Gasteiger partial charge in [-0.05, 0) is 45.3 Å². The molecule has 0 aliphatic carbocycles. The summed E-state index contributed by atoms with van der Waals surface area (Å²) in [6.07, 6.45) is 1.68. The predicted octanol–water partition coefficient (Wildman–Crippen LogP) is 3.38. The fourth-order valence-corrected chi connectivity index (χ4v) is 2.94. The maximum Gasteiger partial charge on any atom is 0.491 e. The van der Waals surface area contributed by atoms with Gasteiger partial charge in [0, 0.05) is 18.2 Å². The van der Waals surface area contributed by atoms with Crippen LogP contribution >= 0.6 is 11.8 Å². The van der Waals surface area contributed by atoms with Crippen LogP contribution in [0.25, 0.3) is 6.08 Å². The highest BCUT2D eigenvalue weighted by Gasteiger charge is 2.52. The van der Waals surface area contributed by atoms with Crippen LogP contribution in [0.15, 0.2) is 23.7 Å². The van der Waals surface area contributed by atoms with E-state index in [9.17, 15) is 14.7 Å². The van der Waals surface area contributed by atoms with Gasteiger partial charge in [0.25, 0.3) is 0 Å². The molecule has 1 aliphatic rings. The fraction of sp³-hybridized carbons (Fsp3) is 0.444. The molecule has 1 aliphatic heterocycles. The molecule has 0 amide bonds. The number of hydrogen-bond donors (Lipinski definition) is 2. The van der Waals surface area contributed by atoms with Crippen molar-refractivity contribution in [3.63, 3.8) is 0 Å². The van der Waals surface area contributed by atoms with Crippen LogP contribution in [-0.4, -0.2) is 45.4 Å². The van der Waals surface area contributed by atoms with Gasteiger partial charge >= 0.3 is 13.1 Å². The number of hydrogen-bond acceptors (Lipinski definition) is 6. The Hall–Kier alpha value is -1.77. The van der Waals surface area contributed by atoms with Gasteiger partial charge < -0.3 is 19.5 Å². The summed E-state index contributed by atoms with van der Waals surface area (Å²) in [5.74, 6) is -0.937. The van der Waals surface area contributed by atoms with Crippen LogP contribution in [0.5, 0.6) is 5.75 Å². The standard InChI is InChI=1S/C18H23BO6S/c1-11(20)26-10-14(19-24-17(2,3)18(4,5)25-19)8-12-6-7-13(16(22)23)9-15(12)21/h6-9,21H,10H2,1-5H3,(H,22,23). The first-order valence-corrected chi connectivity index (χ1v) is 9.17. The molecule has 26 heavy (non-hydrogen) atoms. The quantitative estimate of drug-likeness (QED) is 0.759. The van der Waals surface area contributed by atoms with Gasteiger partial charge in [0.05, 0.1) is 16.8 Å². The van der Waals surface area contributed by atoms with E-state index in [0.29, 0.717) is 16.8 Å². The molecule has 1 aromatic carbocycles. The summed E-state index contributed by atoms with van der Waals surface area (Å²) >= 11 is 1.12. The third kappa shape index (κ3) is 4.49. The Kier molecular flexibility index (Phi) is 5.90. The highest BCUT2D eigenvalue weighted by Crippen LogP contribution is 2.39. The van der Waals surface area contributed by atoms with E-state index in [-0.39, 0.29) is 16.4 Å². The molecule has 140 valence electrons. The van der Waals surface area contributed by atoms with Gasteiger partial charge in [-0.25, -0.2) is 4.79 Å². The predicted molar refractivity (Wildman–Crippen MR) is 102 cm³/mol. The van der Waals surface area contributed by atoms with Crippen molar-refractivity contribution in [3.05, 3.63) is 34.8 Å². The smallest absolute Gasteiger partial charge is 0.491 e. The van der Waals surface area contributed by atoms with Crippen LogP contribution in [0.4, 0.5) is 0 Å². The van der Waals surface area contributed by atoms with Gasteiger partial charge in [-0.2, -0.15) is 0 Å². The average Bonchev–Trinajstić information content (AvgIpc) is 2.72. The zero-order valence-corrected chi connectivity index (χ0v) is 16.3. The molecule has 1 saturated heterocycles. The van der Waals surface area contributed by atoms with E-state index in [1.54, 1.807) is 6.08 Å². The van der Waals surface area contributed by atoms with E-state index >= 15 is 0 Å². The van der Waals surface area contributed by atoms with Crippen molar-refractivity contribution >= 4 is 36.0 Å². The van der Waals surface area contributed by atoms with E-state index < -0.39 is 24.3 Å². The number of phenols is 1. The van der Waals surface area contributed by atoms with E-state index in [1.807, 2.05) is 27.7 Å². The summed E-state index contributed by atoms with van der Waals surface area (Å²) in [5, 5.41) is 19.1. The summed E-state index contributed by atoms with van der Waals surface area (Å²) < 4.78 is 12.1. The molecule has 0 spiro atoms. The molecule has 0 bridgehead atoms. The van der Waals surface area contributed by atoms with Gasteiger partial charge in [0.2, 0.25) is 0 Å². The summed E-state index contributed by atoms with van der Waals surface area (Å²) in [4.78, 5) is 22.4. The molecule has 1 aromatic rings. The number of rotatable bonds is 5. The summed E-state index contributed by atoms with van der Waals surface area (Å²) in [6.45, 7) is 9.21. The second-order valence-electron chi connectivity index (χ2n) is 7.17. The van der Waals surface area contributed by atoms with Crippen molar-refractivity contribution in [1.82, 2.24) is 0 Å². The first kappa shape index (κ1) is 20.5. The van der Waals surface area contributed by atoms with Crippen LogP contribution in [0.2, 0.25) is 0 Å². The molecule has 2 rings (SSSR count). The highest BCUT2D eigenvalue weighted by atomic mass is 32.2. The van der Waals surface area contributed by atoms with Gasteiger partial charge in [0.15, 0.2) is 5.12 Å².